The second-order valence-corrected chi connectivity index (χ2v) is 5.81. The van der Waals surface area contributed by atoms with E-state index < -0.39 is 0 Å². The molecule has 0 saturated carbocycles. The summed E-state index contributed by atoms with van der Waals surface area (Å²) in [5, 5.41) is 3.61. The van der Waals surface area contributed by atoms with Crippen molar-refractivity contribution in [3.05, 3.63) is 0 Å². The summed E-state index contributed by atoms with van der Waals surface area (Å²) >= 11 is 0. The lowest BCUT2D eigenvalue weighted by Gasteiger charge is -2.35. The summed E-state index contributed by atoms with van der Waals surface area (Å²) in [6.45, 7) is 11.2. The number of hydrogen-bond donors (Lipinski definition) is 1. The summed E-state index contributed by atoms with van der Waals surface area (Å²) < 4.78 is 5.69. The lowest BCUT2D eigenvalue weighted by molar-refractivity contribution is 0.00547. The maximum absolute atomic E-state index is 5.69. The second kappa shape index (κ2) is 5.03. The van der Waals surface area contributed by atoms with Crippen LogP contribution >= 0.6 is 0 Å². The van der Waals surface area contributed by atoms with Crippen molar-refractivity contribution in [1.82, 2.24) is 10.2 Å². The molecule has 0 radical (unpaired) electrons. The van der Waals surface area contributed by atoms with Gasteiger partial charge in [0.1, 0.15) is 0 Å². The highest BCUT2D eigenvalue weighted by Gasteiger charge is 2.35. The third kappa shape index (κ3) is 2.96. The van der Waals surface area contributed by atoms with Crippen molar-refractivity contribution >= 4 is 0 Å². The molecule has 0 aromatic heterocycles. The van der Waals surface area contributed by atoms with Crippen LogP contribution in [0.15, 0.2) is 0 Å². The lowest BCUT2D eigenvalue weighted by atomic mass is 9.98. The monoisotopic (exact) mass is 226 g/mol. The van der Waals surface area contributed by atoms with Crippen LogP contribution in [0, 0.1) is 0 Å². The molecule has 2 aliphatic heterocycles. The van der Waals surface area contributed by atoms with Crippen LogP contribution < -0.4 is 5.32 Å². The molecule has 0 aromatic rings. The predicted octanol–water partition coefficient (Wildman–Crippen LogP) is 1.63. The van der Waals surface area contributed by atoms with Crippen LogP contribution in [0.4, 0.5) is 0 Å². The molecule has 2 fully saturated rings. The van der Waals surface area contributed by atoms with Crippen molar-refractivity contribution in [2.24, 2.45) is 0 Å². The van der Waals surface area contributed by atoms with E-state index in [1.165, 1.54) is 32.4 Å². The largest absolute Gasteiger partial charge is 0.378 e. The van der Waals surface area contributed by atoms with E-state index in [2.05, 4.69) is 31.0 Å². The molecule has 0 spiro atoms. The van der Waals surface area contributed by atoms with E-state index in [4.69, 9.17) is 4.74 Å². The summed E-state index contributed by atoms with van der Waals surface area (Å²) in [4.78, 5) is 2.65. The normalized spacial score (nSPS) is 32.1. The van der Waals surface area contributed by atoms with Gasteiger partial charge in [-0.2, -0.15) is 0 Å². The molecule has 1 atom stereocenters. The molecule has 94 valence electrons. The molecule has 0 amide bonds. The highest BCUT2D eigenvalue weighted by molar-refractivity contribution is 4.95. The van der Waals surface area contributed by atoms with E-state index in [0.717, 1.165) is 19.2 Å². The predicted molar refractivity (Wildman–Crippen MR) is 66.7 cm³/mol. The van der Waals surface area contributed by atoms with Crippen molar-refractivity contribution in [2.45, 2.75) is 57.7 Å². The number of rotatable bonds is 3. The van der Waals surface area contributed by atoms with Gasteiger partial charge in [-0.1, -0.05) is 0 Å². The van der Waals surface area contributed by atoms with Crippen molar-refractivity contribution in [2.75, 3.05) is 26.2 Å². The number of ether oxygens (including phenoxy) is 1. The third-order valence-electron chi connectivity index (χ3n) is 3.96. The fraction of sp³-hybridized carbons (Fsp3) is 1.00. The topological polar surface area (TPSA) is 24.5 Å². The zero-order valence-electron chi connectivity index (χ0n) is 11.0. The Morgan fingerprint density at radius 3 is 2.50 bits per heavy atom. The molecule has 2 aliphatic rings. The molecule has 2 rings (SSSR count). The Balaban J connectivity index is 1.77. The molecule has 3 nitrogen and oxygen atoms in total. The van der Waals surface area contributed by atoms with E-state index >= 15 is 0 Å². The van der Waals surface area contributed by atoms with Crippen molar-refractivity contribution in [3.63, 3.8) is 0 Å². The van der Waals surface area contributed by atoms with Gasteiger partial charge in [-0.15, -0.1) is 0 Å². The van der Waals surface area contributed by atoms with Crippen LogP contribution in [0.2, 0.25) is 0 Å². The van der Waals surface area contributed by atoms with Crippen LogP contribution in [0.3, 0.4) is 0 Å². The highest BCUT2D eigenvalue weighted by atomic mass is 16.5. The average Bonchev–Trinajstić information content (AvgIpc) is 2.61. The van der Waals surface area contributed by atoms with Crippen LogP contribution in [0.1, 0.15) is 40.0 Å². The first-order chi connectivity index (χ1) is 7.61. The Labute approximate surface area is 99.5 Å². The molecule has 0 bridgehead atoms. The Bertz CT molecular complexity index is 222. The minimum Gasteiger partial charge on any atom is -0.378 e. The molecule has 3 heteroatoms. The van der Waals surface area contributed by atoms with E-state index in [9.17, 15) is 0 Å². The number of nitrogens with zero attached hydrogens (tertiary/aromatic N) is 1. The van der Waals surface area contributed by atoms with Gasteiger partial charge in [0.15, 0.2) is 0 Å². The van der Waals surface area contributed by atoms with Gasteiger partial charge in [0.05, 0.1) is 6.10 Å². The van der Waals surface area contributed by atoms with Gasteiger partial charge in [-0.25, -0.2) is 0 Å². The summed E-state index contributed by atoms with van der Waals surface area (Å²) in [5.74, 6) is 0. The number of likely N-dealkylation sites (tertiary alicyclic amines) is 1. The zero-order valence-corrected chi connectivity index (χ0v) is 11.0. The van der Waals surface area contributed by atoms with Gasteiger partial charge >= 0.3 is 0 Å². The van der Waals surface area contributed by atoms with Gasteiger partial charge in [0.2, 0.25) is 0 Å². The number of piperidine rings is 1. The Kier molecular flexibility index (Phi) is 3.88. The van der Waals surface area contributed by atoms with Crippen molar-refractivity contribution < 1.29 is 4.74 Å². The molecule has 1 unspecified atom stereocenters. The lowest BCUT2D eigenvalue weighted by Crippen LogP contribution is -2.44. The summed E-state index contributed by atoms with van der Waals surface area (Å²) in [5.41, 5.74) is 0.335. The Morgan fingerprint density at radius 1 is 1.31 bits per heavy atom. The molecule has 2 heterocycles. The maximum atomic E-state index is 5.69. The third-order valence-corrected chi connectivity index (χ3v) is 3.96. The minimum absolute atomic E-state index is 0.335. The summed E-state index contributed by atoms with van der Waals surface area (Å²) in [6.07, 6.45) is 4.23. The van der Waals surface area contributed by atoms with Gasteiger partial charge in [0, 0.05) is 37.8 Å². The van der Waals surface area contributed by atoms with Crippen LogP contribution in [-0.2, 0) is 4.74 Å². The minimum atomic E-state index is 0.335. The van der Waals surface area contributed by atoms with E-state index in [0.29, 0.717) is 11.6 Å². The number of nitrogens with one attached hydrogen (secondary N) is 1. The quantitative estimate of drug-likeness (QED) is 0.791. The van der Waals surface area contributed by atoms with Crippen LogP contribution in [-0.4, -0.2) is 48.8 Å². The highest BCUT2D eigenvalue weighted by Crippen LogP contribution is 2.25. The first-order valence-electron chi connectivity index (χ1n) is 6.71. The van der Waals surface area contributed by atoms with E-state index in [1.807, 2.05) is 0 Å². The number of hydrogen-bond acceptors (Lipinski definition) is 3. The maximum Gasteiger partial charge on any atom is 0.0599 e. The molecule has 0 aromatic carbocycles. The second-order valence-electron chi connectivity index (χ2n) is 5.81. The SMILES string of the molecule is CCOC1CCN(C2CNC(C)(C)C2)CC1. The van der Waals surface area contributed by atoms with Crippen LogP contribution in [0.5, 0.6) is 0 Å². The van der Waals surface area contributed by atoms with Crippen molar-refractivity contribution in [3.8, 4) is 0 Å². The van der Waals surface area contributed by atoms with Gasteiger partial charge in [-0.05, 0) is 40.0 Å². The fourth-order valence-corrected chi connectivity index (χ4v) is 3.03. The smallest absolute Gasteiger partial charge is 0.0599 e. The summed E-state index contributed by atoms with van der Waals surface area (Å²) in [7, 11) is 0. The average molecular weight is 226 g/mol. The first kappa shape index (κ1) is 12.3. The van der Waals surface area contributed by atoms with E-state index in [1.54, 1.807) is 0 Å². The first-order valence-corrected chi connectivity index (χ1v) is 6.71. The molecule has 2 saturated heterocycles. The van der Waals surface area contributed by atoms with Gasteiger partial charge in [-0.3, -0.25) is 4.90 Å². The van der Waals surface area contributed by atoms with E-state index in [-0.39, 0.29) is 0 Å². The molecular weight excluding hydrogens is 200 g/mol. The molecule has 16 heavy (non-hydrogen) atoms. The van der Waals surface area contributed by atoms with Crippen molar-refractivity contribution in [1.29, 1.82) is 0 Å². The Hall–Kier alpha value is -0.120. The van der Waals surface area contributed by atoms with Gasteiger partial charge in [0.25, 0.3) is 0 Å². The zero-order chi connectivity index (χ0) is 11.6. The summed E-state index contributed by atoms with van der Waals surface area (Å²) in [6, 6.07) is 0.748. The standard InChI is InChI=1S/C13H26N2O/c1-4-16-12-5-7-15(8-6-12)11-9-13(2,3)14-10-11/h11-12,14H,4-10H2,1-3H3. The molecular formula is C13H26N2O. The molecule has 0 aliphatic carbocycles. The molecule has 1 N–H and O–H groups in total. The Morgan fingerprint density at radius 2 is 2.00 bits per heavy atom. The van der Waals surface area contributed by atoms with Gasteiger partial charge < -0.3 is 10.1 Å². The fourth-order valence-electron chi connectivity index (χ4n) is 3.03. The van der Waals surface area contributed by atoms with Crippen LogP contribution in [0.25, 0.3) is 0 Å².